The van der Waals surface area contributed by atoms with E-state index in [1.807, 2.05) is 36.1 Å². The predicted octanol–water partition coefficient (Wildman–Crippen LogP) is 2.32. The van der Waals surface area contributed by atoms with Crippen molar-refractivity contribution in [2.24, 2.45) is 0 Å². The van der Waals surface area contributed by atoms with Gasteiger partial charge in [0, 0.05) is 31.7 Å². The molecular weight excluding hydrogens is 355 g/mol. The molecule has 138 valence electrons. The van der Waals surface area contributed by atoms with Crippen LogP contribution in [0, 0.1) is 12.7 Å². The molecule has 0 aliphatic carbocycles. The smallest absolute Gasteiger partial charge is 0.243 e. The van der Waals surface area contributed by atoms with E-state index in [2.05, 4.69) is 0 Å². The van der Waals surface area contributed by atoms with Crippen LogP contribution in [-0.2, 0) is 10.0 Å². The number of hydrogen-bond donors (Lipinski definition) is 0. The first kappa shape index (κ1) is 18.7. The number of Topliss-reactive ketones (excluding diaryl/α,β-unsaturated/α-hetero) is 1. The minimum atomic E-state index is -3.63. The van der Waals surface area contributed by atoms with Crippen LogP contribution in [0.3, 0.4) is 0 Å². The van der Waals surface area contributed by atoms with Crippen LogP contribution in [0.15, 0.2) is 53.4 Å². The number of benzene rings is 2. The Hall–Kier alpha value is -2.09. The Balaban J connectivity index is 1.59. The van der Waals surface area contributed by atoms with Crippen molar-refractivity contribution in [1.29, 1.82) is 0 Å². The van der Waals surface area contributed by atoms with Crippen molar-refractivity contribution in [3.05, 3.63) is 65.5 Å². The highest BCUT2D eigenvalue weighted by Crippen LogP contribution is 2.18. The molecule has 0 bridgehead atoms. The van der Waals surface area contributed by atoms with E-state index in [1.165, 1.54) is 16.4 Å². The van der Waals surface area contributed by atoms with E-state index in [0.29, 0.717) is 31.7 Å². The largest absolute Gasteiger partial charge is 0.293 e. The van der Waals surface area contributed by atoms with E-state index in [1.54, 1.807) is 0 Å². The normalized spacial score (nSPS) is 16.5. The van der Waals surface area contributed by atoms with Crippen molar-refractivity contribution < 1.29 is 17.6 Å². The number of halogens is 1. The molecule has 1 aliphatic rings. The summed E-state index contributed by atoms with van der Waals surface area (Å²) in [6.07, 6.45) is 0. The zero-order valence-corrected chi connectivity index (χ0v) is 15.4. The molecule has 0 aromatic heterocycles. The second kappa shape index (κ2) is 7.65. The van der Waals surface area contributed by atoms with Crippen LogP contribution in [-0.4, -0.2) is 56.1 Å². The Morgan fingerprint density at radius 2 is 1.54 bits per heavy atom. The lowest BCUT2D eigenvalue weighted by atomic mass is 10.1. The number of ketones is 1. The summed E-state index contributed by atoms with van der Waals surface area (Å²) < 4.78 is 39.6. The molecule has 5 nitrogen and oxygen atoms in total. The summed E-state index contributed by atoms with van der Waals surface area (Å²) >= 11 is 0. The summed E-state index contributed by atoms with van der Waals surface area (Å²) in [7, 11) is -3.63. The number of hydrogen-bond acceptors (Lipinski definition) is 4. The molecule has 26 heavy (non-hydrogen) atoms. The maximum Gasteiger partial charge on any atom is 0.243 e. The summed E-state index contributed by atoms with van der Waals surface area (Å²) in [5.74, 6) is -0.441. The van der Waals surface area contributed by atoms with E-state index in [-0.39, 0.29) is 17.2 Å². The molecule has 1 heterocycles. The fourth-order valence-electron chi connectivity index (χ4n) is 2.92. The van der Waals surface area contributed by atoms with Crippen LogP contribution in [0.1, 0.15) is 15.9 Å². The lowest BCUT2D eigenvalue weighted by molar-refractivity contribution is 0.0901. The Morgan fingerprint density at radius 1 is 0.962 bits per heavy atom. The molecule has 0 atom stereocenters. The predicted molar refractivity (Wildman–Crippen MR) is 97.1 cm³/mol. The molecule has 0 spiro atoms. The van der Waals surface area contributed by atoms with Crippen molar-refractivity contribution in [3.63, 3.8) is 0 Å². The first-order valence-corrected chi connectivity index (χ1v) is 9.88. The van der Waals surface area contributed by atoms with Gasteiger partial charge in [0.15, 0.2) is 5.78 Å². The molecule has 3 rings (SSSR count). The van der Waals surface area contributed by atoms with Crippen LogP contribution in [0.2, 0.25) is 0 Å². The van der Waals surface area contributed by atoms with Crippen molar-refractivity contribution in [1.82, 2.24) is 9.21 Å². The Morgan fingerprint density at radius 3 is 2.12 bits per heavy atom. The van der Waals surface area contributed by atoms with Gasteiger partial charge in [0.2, 0.25) is 10.0 Å². The van der Waals surface area contributed by atoms with Crippen LogP contribution >= 0.6 is 0 Å². The van der Waals surface area contributed by atoms with Gasteiger partial charge < -0.3 is 0 Å². The summed E-state index contributed by atoms with van der Waals surface area (Å²) in [6, 6.07) is 12.3. The van der Waals surface area contributed by atoms with E-state index in [4.69, 9.17) is 0 Å². The molecule has 1 saturated heterocycles. The lowest BCUT2D eigenvalue weighted by Gasteiger charge is -2.33. The minimum Gasteiger partial charge on any atom is -0.293 e. The van der Waals surface area contributed by atoms with Crippen LogP contribution < -0.4 is 0 Å². The second-order valence-corrected chi connectivity index (χ2v) is 8.36. The topological polar surface area (TPSA) is 57.7 Å². The van der Waals surface area contributed by atoms with E-state index in [9.17, 15) is 17.6 Å². The number of carbonyl (C=O) groups excluding carboxylic acids is 1. The van der Waals surface area contributed by atoms with Gasteiger partial charge in [0.25, 0.3) is 0 Å². The molecule has 1 fully saturated rings. The van der Waals surface area contributed by atoms with Crippen molar-refractivity contribution in [2.45, 2.75) is 11.8 Å². The lowest BCUT2D eigenvalue weighted by Crippen LogP contribution is -2.49. The van der Waals surface area contributed by atoms with Crippen LogP contribution in [0.25, 0.3) is 0 Å². The van der Waals surface area contributed by atoms with Gasteiger partial charge in [0.05, 0.1) is 11.4 Å². The molecule has 0 N–H and O–H groups in total. The van der Waals surface area contributed by atoms with Gasteiger partial charge in [-0.15, -0.1) is 0 Å². The second-order valence-electron chi connectivity index (χ2n) is 6.42. The number of carbonyl (C=O) groups is 1. The highest BCUT2D eigenvalue weighted by atomic mass is 32.2. The van der Waals surface area contributed by atoms with Gasteiger partial charge in [0.1, 0.15) is 5.82 Å². The number of aryl methyl sites for hydroxylation is 1. The maximum absolute atomic E-state index is 13.0. The number of piperazine rings is 1. The van der Waals surface area contributed by atoms with Crippen LogP contribution in [0.5, 0.6) is 0 Å². The Bertz CT molecular complexity index is 872. The van der Waals surface area contributed by atoms with E-state index >= 15 is 0 Å². The number of sulfonamides is 1. The molecule has 1 aliphatic heterocycles. The van der Waals surface area contributed by atoms with Gasteiger partial charge >= 0.3 is 0 Å². The quantitative estimate of drug-likeness (QED) is 0.752. The fourth-order valence-corrected chi connectivity index (χ4v) is 4.34. The van der Waals surface area contributed by atoms with E-state index in [0.717, 1.165) is 17.7 Å². The van der Waals surface area contributed by atoms with Gasteiger partial charge in [-0.2, -0.15) is 4.31 Å². The molecule has 0 saturated carbocycles. The van der Waals surface area contributed by atoms with Gasteiger partial charge in [-0.25, -0.2) is 12.8 Å². The molecule has 2 aromatic rings. The maximum atomic E-state index is 13.0. The standard InChI is InChI=1S/C19H21FN2O3S/c1-15-2-4-16(5-3-15)19(23)14-21-10-12-22(13-11-21)26(24,25)18-8-6-17(20)7-9-18/h2-9H,10-14H2,1H3. The summed E-state index contributed by atoms with van der Waals surface area (Å²) in [6.45, 7) is 3.82. The number of rotatable bonds is 5. The van der Waals surface area contributed by atoms with Gasteiger partial charge in [-0.3, -0.25) is 9.69 Å². The molecule has 2 aromatic carbocycles. The molecule has 0 amide bonds. The molecule has 7 heteroatoms. The average molecular weight is 376 g/mol. The first-order valence-electron chi connectivity index (χ1n) is 8.44. The number of nitrogens with zero attached hydrogens (tertiary/aromatic N) is 2. The molecule has 0 unspecified atom stereocenters. The first-order chi connectivity index (χ1) is 12.4. The van der Waals surface area contributed by atoms with Crippen molar-refractivity contribution in [2.75, 3.05) is 32.7 Å². The summed E-state index contributed by atoms with van der Waals surface area (Å²) in [4.78, 5) is 14.4. The zero-order chi connectivity index (χ0) is 18.7. The third-order valence-electron chi connectivity index (χ3n) is 4.52. The van der Waals surface area contributed by atoms with Crippen molar-refractivity contribution in [3.8, 4) is 0 Å². The Labute approximate surface area is 153 Å². The van der Waals surface area contributed by atoms with E-state index < -0.39 is 15.8 Å². The Kier molecular flexibility index (Phi) is 5.50. The summed E-state index contributed by atoms with van der Waals surface area (Å²) in [5.41, 5.74) is 1.76. The van der Waals surface area contributed by atoms with Gasteiger partial charge in [-0.05, 0) is 31.2 Å². The summed E-state index contributed by atoms with van der Waals surface area (Å²) in [5, 5.41) is 0. The highest BCUT2D eigenvalue weighted by Gasteiger charge is 2.29. The molecular formula is C19H21FN2O3S. The van der Waals surface area contributed by atoms with Crippen LogP contribution in [0.4, 0.5) is 4.39 Å². The van der Waals surface area contributed by atoms with Crippen molar-refractivity contribution >= 4 is 15.8 Å². The highest BCUT2D eigenvalue weighted by molar-refractivity contribution is 7.89. The minimum absolute atomic E-state index is 0.0276. The third kappa shape index (κ3) is 4.17. The fraction of sp³-hybridized carbons (Fsp3) is 0.316. The zero-order valence-electron chi connectivity index (χ0n) is 14.6. The monoisotopic (exact) mass is 376 g/mol. The average Bonchev–Trinajstić information content (AvgIpc) is 2.63. The van der Waals surface area contributed by atoms with Gasteiger partial charge in [-0.1, -0.05) is 29.8 Å². The molecule has 0 radical (unpaired) electrons. The SMILES string of the molecule is Cc1ccc(C(=O)CN2CCN(S(=O)(=O)c3ccc(F)cc3)CC2)cc1. The third-order valence-corrected chi connectivity index (χ3v) is 6.44.